The van der Waals surface area contributed by atoms with Gasteiger partial charge in [0.05, 0.1) is 12.1 Å². The summed E-state index contributed by atoms with van der Waals surface area (Å²) in [6.07, 6.45) is -2.76. The van der Waals surface area contributed by atoms with Crippen molar-refractivity contribution < 1.29 is 18.0 Å². The molecule has 2 heterocycles. The highest BCUT2D eigenvalue weighted by Gasteiger charge is 2.31. The number of hydrogen-bond acceptors (Lipinski definition) is 5. The number of alkyl halides is 3. The molecular weight excluding hydrogens is 371 g/mol. The topological polar surface area (TPSA) is 74.5 Å². The summed E-state index contributed by atoms with van der Waals surface area (Å²) in [5, 5.41) is 2.56. The molecular formula is C19H22F3N5O. The summed E-state index contributed by atoms with van der Waals surface area (Å²) in [4.78, 5) is 20.7. The average molecular weight is 393 g/mol. The summed E-state index contributed by atoms with van der Waals surface area (Å²) in [6, 6.07) is 9.10. The Labute approximate surface area is 161 Å². The van der Waals surface area contributed by atoms with E-state index in [9.17, 15) is 18.0 Å². The number of nitrogens with two attached hydrogens (primary N) is 1. The summed E-state index contributed by atoms with van der Waals surface area (Å²) < 4.78 is 39.0. The van der Waals surface area contributed by atoms with Gasteiger partial charge in [-0.15, -0.1) is 0 Å². The number of anilines is 2. The van der Waals surface area contributed by atoms with Crippen LogP contribution in [0, 0.1) is 0 Å². The van der Waals surface area contributed by atoms with Gasteiger partial charge in [-0.2, -0.15) is 13.2 Å². The number of nitrogens with one attached hydrogen (secondary N) is 1. The van der Waals surface area contributed by atoms with Crippen LogP contribution in [0.1, 0.15) is 11.1 Å². The molecule has 0 unspecified atom stereocenters. The smallest absolute Gasteiger partial charge is 0.354 e. The standard InChI is InChI=1S/C19H22F3N5O/c20-19(21,22)15-9-14(12-23)10-16(11-15)25-18(28)13-26-5-7-27(8-6-26)17-3-1-2-4-24-17/h1-4,9-11H,5-8,12-13,23H2,(H,25,28). The van der Waals surface area contributed by atoms with E-state index < -0.39 is 11.7 Å². The fourth-order valence-electron chi connectivity index (χ4n) is 3.13. The highest BCUT2D eigenvalue weighted by Crippen LogP contribution is 2.32. The Hall–Kier alpha value is -2.65. The molecule has 1 aliphatic rings. The molecule has 1 aromatic heterocycles. The van der Waals surface area contributed by atoms with E-state index in [0.29, 0.717) is 18.7 Å². The lowest BCUT2D eigenvalue weighted by molar-refractivity contribution is -0.137. The lowest BCUT2D eigenvalue weighted by Gasteiger charge is -2.34. The van der Waals surface area contributed by atoms with Crippen LogP contribution in [-0.2, 0) is 17.5 Å². The first-order valence-corrected chi connectivity index (χ1v) is 8.94. The molecule has 1 fully saturated rings. The highest BCUT2D eigenvalue weighted by molar-refractivity contribution is 5.92. The number of hydrogen-bond donors (Lipinski definition) is 2. The van der Waals surface area contributed by atoms with Crippen LogP contribution >= 0.6 is 0 Å². The number of aromatic nitrogens is 1. The molecule has 0 saturated carbocycles. The Balaban J connectivity index is 1.56. The lowest BCUT2D eigenvalue weighted by atomic mass is 10.1. The number of piperazine rings is 1. The molecule has 1 aromatic carbocycles. The fraction of sp³-hybridized carbons (Fsp3) is 0.368. The molecule has 9 heteroatoms. The molecule has 0 spiro atoms. The first-order valence-electron chi connectivity index (χ1n) is 8.94. The zero-order valence-corrected chi connectivity index (χ0v) is 15.2. The number of nitrogens with zero attached hydrogens (tertiary/aromatic N) is 3. The number of rotatable bonds is 5. The SMILES string of the molecule is NCc1cc(NC(=O)CN2CCN(c3ccccn3)CC2)cc(C(F)(F)F)c1. The van der Waals surface area contributed by atoms with Gasteiger partial charge in [-0.05, 0) is 35.9 Å². The van der Waals surface area contributed by atoms with Gasteiger partial charge in [0.25, 0.3) is 0 Å². The van der Waals surface area contributed by atoms with Crippen LogP contribution in [0.2, 0.25) is 0 Å². The average Bonchev–Trinajstić information content (AvgIpc) is 2.68. The molecule has 3 N–H and O–H groups in total. The largest absolute Gasteiger partial charge is 0.416 e. The van der Waals surface area contributed by atoms with Gasteiger partial charge in [0.15, 0.2) is 0 Å². The van der Waals surface area contributed by atoms with Crippen LogP contribution in [0.25, 0.3) is 0 Å². The van der Waals surface area contributed by atoms with Gasteiger partial charge >= 0.3 is 6.18 Å². The summed E-state index contributed by atoms with van der Waals surface area (Å²) >= 11 is 0. The van der Waals surface area contributed by atoms with Crippen LogP contribution in [0.5, 0.6) is 0 Å². The molecule has 28 heavy (non-hydrogen) atoms. The van der Waals surface area contributed by atoms with Crippen LogP contribution in [-0.4, -0.2) is 48.5 Å². The molecule has 2 aromatic rings. The van der Waals surface area contributed by atoms with Crippen molar-refractivity contribution in [3.05, 3.63) is 53.7 Å². The van der Waals surface area contributed by atoms with Crippen LogP contribution in [0.15, 0.2) is 42.6 Å². The van der Waals surface area contributed by atoms with E-state index in [1.807, 2.05) is 23.1 Å². The normalized spacial score (nSPS) is 15.5. The van der Waals surface area contributed by atoms with Crippen molar-refractivity contribution in [2.24, 2.45) is 5.73 Å². The number of carbonyl (C=O) groups is 1. The third kappa shape index (κ3) is 5.20. The highest BCUT2D eigenvalue weighted by atomic mass is 19.4. The number of carbonyl (C=O) groups excluding carboxylic acids is 1. The van der Waals surface area contributed by atoms with Crippen LogP contribution < -0.4 is 16.0 Å². The second-order valence-electron chi connectivity index (χ2n) is 6.62. The quantitative estimate of drug-likeness (QED) is 0.816. The van der Waals surface area contributed by atoms with Crippen LogP contribution in [0.3, 0.4) is 0 Å². The molecule has 1 saturated heterocycles. The summed E-state index contributed by atoms with van der Waals surface area (Å²) in [5.41, 5.74) is 5.07. The Morgan fingerprint density at radius 3 is 2.50 bits per heavy atom. The monoisotopic (exact) mass is 393 g/mol. The molecule has 1 aliphatic heterocycles. The van der Waals surface area contributed by atoms with Crippen molar-refractivity contribution in [2.75, 3.05) is 42.9 Å². The van der Waals surface area contributed by atoms with Gasteiger partial charge < -0.3 is 16.0 Å². The molecule has 0 radical (unpaired) electrons. The fourth-order valence-corrected chi connectivity index (χ4v) is 3.13. The molecule has 150 valence electrons. The van der Waals surface area contributed by atoms with Crippen molar-refractivity contribution >= 4 is 17.4 Å². The van der Waals surface area contributed by atoms with Crippen molar-refractivity contribution in [1.29, 1.82) is 0 Å². The zero-order valence-electron chi connectivity index (χ0n) is 15.2. The minimum absolute atomic E-state index is 0.0394. The summed E-state index contributed by atoms with van der Waals surface area (Å²) in [5.74, 6) is 0.540. The van der Waals surface area contributed by atoms with Crippen LogP contribution in [0.4, 0.5) is 24.7 Å². The second-order valence-corrected chi connectivity index (χ2v) is 6.62. The number of amides is 1. The summed E-state index contributed by atoms with van der Waals surface area (Å²) in [6.45, 7) is 2.87. The van der Waals surface area contributed by atoms with Gasteiger partial charge in [-0.3, -0.25) is 9.69 Å². The first-order chi connectivity index (χ1) is 13.3. The van der Waals surface area contributed by atoms with Gasteiger partial charge in [-0.1, -0.05) is 6.07 Å². The molecule has 3 rings (SSSR count). The molecule has 0 bridgehead atoms. The Bertz CT molecular complexity index is 805. The Kier molecular flexibility index (Phi) is 6.15. The van der Waals surface area contributed by atoms with Gasteiger partial charge in [-0.25, -0.2) is 4.98 Å². The maximum Gasteiger partial charge on any atom is 0.416 e. The first kappa shape index (κ1) is 20.1. The maximum absolute atomic E-state index is 13.0. The predicted octanol–water partition coefficient (Wildman–Crippen LogP) is 2.32. The number of benzene rings is 1. The maximum atomic E-state index is 13.0. The molecule has 6 nitrogen and oxygen atoms in total. The third-order valence-corrected chi connectivity index (χ3v) is 4.55. The van der Waals surface area contributed by atoms with E-state index in [1.165, 1.54) is 6.07 Å². The third-order valence-electron chi connectivity index (χ3n) is 4.55. The number of pyridine rings is 1. The minimum Gasteiger partial charge on any atom is -0.354 e. The van der Waals surface area contributed by atoms with E-state index in [1.54, 1.807) is 6.20 Å². The van der Waals surface area contributed by atoms with E-state index in [4.69, 9.17) is 5.73 Å². The zero-order chi connectivity index (χ0) is 20.1. The van der Waals surface area contributed by atoms with E-state index in [-0.39, 0.29) is 24.7 Å². The van der Waals surface area contributed by atoms with E-state index in [0.717, 1.165) is 31.0 Å². The molecule has 0 aliphatic carbocycles. The van der Waals surface area contributed by atoms with E-state index >= 15 is 0 Å². The van der Waals surface area contributed by atoms with Crippen molar-refractivity contribution in [2.45, 2.75) is 12.7 Å². The molecule has 0 atom stereocenters. The molecule has 1 amide bonds. The minimum atomic E-state index is -4.49. The van der Waals surface area contributed by atoms with E-state index in [2.05, 4.69) is 15.2 Å². The lowest BCUT2D eigenvalue weighted by Crippen LogP contribution is -2.48. The van der Waals surface area contributed by atoms with Crippen molar-refractivity contribution in [3.63, 3.8) is 0 Å². The van der Waals surface area contributed by atoms with Gasteiger partial charge in [0.1, 0.15) is 5.82 Å². The van der Waals surface area contributed by atoms with Gasteiger partial charge in [0, 0.05) is 44.6 Å². The number of halogens is 3. The predicted molar refractivity (Wildman–Crippen MR) is 101 cm³/mol. The van der Waals surface area contributed by atoms with Gasteiger partial charge in [0.2, 0.25) is 5.91 Å². The van der Waals surface area contributed by atoms with Crippen molar-refractivity contribution in [3.8, 4) is 0 Å². The Morgan fingerprint density at radius 1 is 1.14 bits per heavy atom. The Morgan fingerprint density at radius 2 is 1.89 bits per heavy atom. The second kappa shape index (κ2) is 8.57. The van der Waals surface area contributed by atoms with Crippen molar-refractivity contribution in [1.82, 2.24) is 9.88 Å². The summed E-state index contributed by atoms with van der Waals surface area (Å²) in [7, 11) is 0.